The number of halogens is 2. The number of hydrogen-bond donors (Lipinski definition) is 1. The lowest BCUT2D eigenvalue weighted by Gasteiger charge is -2.19. The lowest BCUT2D eigenvalue weighted by Crippen LogP contribution is -2.10. The minimum absolute atomic E-state index is 0.205. The molecule has 0 bridgehead atoms. The van der Waals surface area contributed by atoms with Gasteiger partial charge in [-0.05, 0) is 37.1 Å². The number of aromatic nitrogens is 4. The maximum Gasteiger partial charge on any atom is 0.157 e. The fourth-order valence-corrected chi connectivity index (χ4v) is 4.42. The number of nitriles is 1. The molecule has 0 atom stereocenters. The van der Waals surface area contributed by atoms with Gasteiger partial charge in [-0.2, -0.15) is 5.26 Å². The lowest BCUT2D eigenvalue weighted by molar-refractivity contribution is 1.07. The van der Waals surface area contributed by atoms with Gasteiger partial charge in [0.15, 0.2) is 16.0 Å². The third-order valence-electron chi connectivity index (χ3n) is 5.73. The molecule has 8 heteroatoms. The molecule has 33 heavy (non-hydrogen) atoms. The molecule has 5 rings (SSSR count). The summed E-state index contributed by atoms with van der Waals surface area (Å²) in [6.45, 7) is 4.00. The number of imidazole rings is 1. The molecule has 3 heterocycles. The molecule has 0 saturated heterocycles. The highest BCUT2D eigenvalue weighted by Gasteiger charge is 2.22. The maximum atomic E-state index is 10.1. The van der Waals surface area contributed by atoms with Gasteiger partial charge in [-0.3, -0.25) is 4.40 Å². The monoisotopic (exact) mass is 472 g/mol. The first-order valence-corrected chi connectivity index (χ1v) is 11.0. The third-order valence-corrected chi connectivity index (χ3v) is 6.31. The number of aryl methyl sites for hydroxylation is 1. The van der Waals surface area contributed by atoms with Crippen LogP contribution in [0.5, 0.6) is 0 Å². The number of rotatable bonds is 4. The number of anilines is 2. The molecule has 0 fully saturated rings. The zero-order chi connectivity index (χ0) is 23.1. The van der Waals surface area contributed by atoms with E-state index < -0.39 is 0 Å². The van der Waals surface area contributed by atoms with Crippen LogP contribution in [-0.2, 0) is 6.42 Å². The molecular weight excluding hydrogens is 455 g/mol. The van der Waals surface area contributed by atoms with E-state index in [1.807, 2.05) is 35.6 Å². The molecule has 0 saturated carbocycles. The minimum atomic E-state index is 0.205. The second-order valence-electron chi connectivity index (χ2n) is 7.82. The van der Waals surface area contributed by atoms with Crippen molar-refractivity contribution in [2.75, 3.05) is 5.32 Å². The first-order valence-electron chi connectivity index (χ1n) is 10.3. The Morgan fingerprint density at radius 2 is 1.70 bits per heavy atom. The van der Waals surface area contributed by atoms with Crippen LogP contribution < -0.4 is 5.32 Å². The van der Waals surface area contributed by atoms with E-state index in [-0.39, 0.29) is 10.3 Å². The van der Waals surface area contributed by atoms with E-state index in [1.165, 1.54) is 11.9 Å². The first-order chi connectivity index (χ1) is 16.0. The second kappa shape index (κ2) is 8.36. The van der Waals surface area contributed by atoms with E-state index in [2.05, 4.69) is 52.5 Å². The van der Waals surface area contributed by atoms with Gasteiger partial charge in [0.05, 0.1) is 16.6 Å². The summed E-state index contributed by atoms with van der Waals surface area (Å²) < 4.78 is 1.95. The van der Waals surface area contributed by atoms with Crippen molar-refractivity contribution in [2.24, 2.45) is 0 Å². The fourth-order valence-electron chi connectivity index (χ4n) is 4.01. The van der Waals surface area contributed by atoms with Crippen LogP contribution in [-0.4, -0.2) is 19.4 Å². The van der Waals surface area contributed by atoms with E-state index in [9.17, 15) is 5.26 Å². The molecule has 0 radical (unpaired) electrons. The predicted molar refractivity (Wildman–Crippen MR) is 131 cm³/mol. The molecule has 5 aromatic rings. The molecule has 0 spiro atoms. The van der Waals surface area contributed by atoms with Gasteiger partial charge >= 0.3 is 0 Å². The van der Waals surface area contributed by atoms with Crippen molar-refractivity contribution in [1.29, 1.82) is 5.26 Å². The number of benzene rings is 2. The molecule has 0 amide bonds. The Labute approximate surface area is 200 Å². The smallest absolute Gasteiger partial charge is 0.157 e. The summed E-state index contributed by atoms with van der Waals surface area (Å²) in [6, 6.07) is 18.5. The molecule has 162 valence electrons. The Bertz CT molecular complexity index is 1540. The number of pyridine rings is 1. The van der Waals surface area contributed by atoms with Crippen LogP contribution in [0, 0.1) is 25.2 Å². The van der Waals surface area contributed by atoms with E-state index in [0.29, 0.717) is 23.3 Å². The van der Waals surface area contributed by atoms with Crippen LogP contribution in [0.25, 0.3) is 16.7 Å². The summed E-state index contributed by atoms with van der Waals surface area (Å²) >= 11 is 12.8. The zero-order valence-corrected chi connectivity index (χ0v) is 19.4. The van der Waals surface area contributed by atoms with Crippen LogP contribution in [0.15, 0.2) is 54.9 Å². The average Bonchev–Trinajstić information content (AvgIpc) is 3.19. The number of nitrogens with one attached hydrogen (secondary N) is 1. The Morgan fingerprint density at radius 3 is 2.39 bits per heavy atom. The molecular formula is C25H18Cl2N6. The molecule has 0 unspecified atom stereocenters. The molecule has 0 aliphatic carbocycles. The van der Waals surface area contributed by atoms with Gasteiger partial charge < -0.3 is 5.32 Å². The topological polar surface area (TPSA) is 78.9 Å². The largest absolute Gasteiger partial charge is 0.336 e. The van der Waals surface area contributed by atoms with Gasteiger partial charge in [0, 0.05) is 12.0 Å². The van der Waals surface area contributed by atoms with Gasteiger partial charge in [0.2, 0.25) is 0 Å². The molecule has 3 aromatic heterocycles. The number of nitrogens with zero attached hydrogens (tertiary/aromatic N) is 5. The van der Waals surface area contributed by atoms with Crippen molar-refractivity contribution in [2.45, 2.75) is 20.3 Å². The van der Waals surface area contributed by atoms with Crippen molar-refractivity contribution in [3.63, 3.8) is 0 Å². The highest BCUT2D eigenvalue weighted by Crippen LogP contribution is 2.37. The minimum Gasteiger partial charge on any atom is -0.336 e. The number of para-hydroxylation sites is 2. The van der Waals surface area contributed by atoms with E-state index in [4.69, 9.17) is 28.2 Å². The zero-order valence-electron chi connectivity index (χ0n) is 17.9. The average molecular weight is 473 g/mol. The number of fused-ring (bicyclic) bond motifs is 3. The van der Waals surface area contributed by atoms with Gasteiger partial charge in [-0.25, -0.2) is 15.0 Å². The predicted octanol–water partition coefficient (Wildman–Crippen LogP) is 6.41. The van der Waals surface area contributed by atoms with E-state index >= 15 is 0 Å². The highest BCUT2D eigenvalue weighted by atomic mass is 35.5. The van der Waals surface area contributed by atoms with Crippen LogP contribution in [0.4, 0.5) is 11.5 Å². The fraction of sp³-hybridized carbons (Fsp3) is 0.120. The summed E-state index contributed by atoms with van der Waals surface area (Å²) in [5, 5.41) is 13.8. The Kier molecular flexibility index (Phi) is 5.37. The van der Waals surface area contributed by atoms with Crippen molar-refractivity contribution < 1.29 is 0 Å². The Morgan fingerprint density at radius 1 is 1.00 bits per heavy atom. The van der Waals surface area contributed by atoms with Crippen LogP contribution in [0.2, 0.25) is 10.3 Å². The van der Waals surface area contributed by atoms with E-state index in [1.54, 1.807) is 0 Å². The molecule has 0 aliphatic rings. The molecule has 1 N–H and O–H groups in total. The summed E-state index contributed by atoms with van der Waals surface area (Å²) in [4.78, 5) is 12.9. The van der Waals surface area contributed by atoms with E-state index in [0.717, 1.165) is 33.5 Å². The lowest BCUT2D eigenvalue weighted by atomic mass is 9.97. The van der Waals surface area contributed by atoms with Crippen molar-refractivity contribution in [3.05, 3.63) is 93.0 Å². The van der Waals surface area contributed by atoms with Crippen molar-refractivity contribution in [3.8, 4) is 6.07 Å². The van der Waals surface area contributed by atoms with Crippen molar-refractivity contribution >= 4 is 51.4 Å². The Balaban J connectivity index is 1.86. The first kappa shape index (κ1) is 21.2. The summed E-state index contributed by atoms with van der Waals surface area (Å²) in [5.74, 6) is 0.717. The summed E-state index contributed by atoms with van der Waals surface area (Å²) in [7, 11) is 0. The Hall–Kier alpha value is -3.66. The summed E-state index contributed by atoms with van der Waals surface area (Å²) in [5.41, 5.74) is 7.20. The SMILES string of the molecule is Cc1ccc(Cc2c(C)c(C#N)c3nc4ccccc4n3c2Nc2c(Cl)ncnc2Cl)cc1. The highest BCUT2D eigenvalue weighted by molar-refractivity contribution is 6.37. The maximum absolute atomic E-state index is 10.1. The summed E-state index contributed by atoms with van der Waals surface area (Å²) in [6.07, 6.45) is 1.91. The van der Waals surface area contributed by atoms with Gasteiger partial charge in [0.1, 0.15) is 23.9 Å². The molecule has 0 aliphatic heterocycles. The molecule has 2 aromatic carbocycles. The van der Waals surface area contributed by atoms with Crippen molar-refractivity contribution in [1.82, 2.24) is 19.4 Å². The quantitative estimate of drug-likeness (QED) is 0.305. The molecule has 6 nitrogen and oxygen atoms in total. The normalized spacial score (nSPS) is 11.1. The second-order valence-corrected chi connectivity index (χ2v) is 8.53. The van der Waals surface area contributed by atoms with Crippen LogP contribution in [0.1, 0.15) is 27.8 Å². The van der Waals surface area contributed by atoms with Crippen LogP contribution >= 0.6 is 23.2 Å². The van der Waals surface area contributed by atoms with Crippen LogP contribution in [0.3, 0.4) is 0 Å². The van der Waals surface area contributed by atoms with Gasteiger partial charge in [-0.1, -0.05) is 65.2 Å². The van der Waals surface area contributed by atoms with Gasteiger partial charge in [0.25, 0.3) is 0 Å². The third kappa shape index (κ3) is 3.66. The standard InChI is InChI=1S/C25H18Cl2N6/c1-14-7-9-16(10-8-14)11-17-15(2)18(12-28)25-31-19-5-3-4-6-20(19)33(25)24(17)32-21-22(26)29-13-30-23(21)27/h3-10,13,32H,11H2,1-2H3. The number of hydrogen-bond acceptors (Lipinski definition) is 5. The van der Waals surface area contributed by atoms with Gasteiger partial charge in [-0.15, -0.1) is 0 Å².